The van der Waals surface area contributed by atoms with Crippen molar-refractivity contribution < 1.29 is 9.31 Å². The zero-order valence-corrected chi connectivity index (χ0v) is 14.1. The van der Waals surface area contributed by atoms with Gasteiger partial charge in [0.15, 0.2) is 5.82 Å². The summed E-state index contributed by atoms with van der Waals surface area (Å²) >= 11 is 0. The number of nitrogens with zero attached hydrogens (tertiary/aromatic N) is 5. The fraction of sp³-hybridized carbons (Fsp3) is 0.118. The molecule has 0 unspecified atom stereocenters. The number of para-hydroxylation sites is 1. The number of nitro groups is 1. The van der Waals surface area contributed by atoms with Crippen LogP contribution >= 0.6 is 0 Å². The molecule has 0 aliphatic rings. The van der Waals surface area contributed by atoms with Crippen LogP contribution in [0.5, 0.6) is 0 Å². The number of fused-ring (bicyclic) bond motifs is 3. The van der Waals surface area contributed by atoms with Crippen LogP contribution in [0.3, 0.4) is 0 Å². The zero-order valence-electron chi connectivity index (χ0n) is 14.1. The average molecular weight is 368 g/mol. The van der Waals surface area contributed by atoms with Gasteiger partial charge in [-0.05, 0) is 24.3 Å². The first kappa shape index (κ1) is 16.6. The van der Waals surface area contributed by atoms with Gasteiger partial charge in [0.05, 0.1) is 22.4 Å². The van der Waals surface area contributed by atoms with Crippen molar-refractivity contribution in [3.63, 3.8) is 0 Å². The first-order chi connectivity index (χ1) is 13.0. The molecule has 2 aromatic carbocycles. The van der Waals surface area contributed by atoms with Gasteiger partial charge in [-0.15, -0.1) is 10.2 Å². The molecule has 0 saturated carbocycles. The van der Waals surface area contributed by atoms with Crippen LogP contribution in [0.4, 0.5) is 15.8 Å². The third-order valence-corrected chi connectivity index (χ3v) is 4.29. The largest absolute Gasteiger partial charge is 0.378 e. The van der Waals surface area contributed by atoms with E-state index >= 15 is 0 Å². The predicted molar refractivity (Wildman–Crippen MR) is 96.1 cm³/mol. The lowest BCUT2D eigenvalue weighted by molar-refractivity contribution is -0.387. The normalized spacial score (nSPS) is 11.2. The van der Waals surface area contributed by atoms with Gasteiger partial charge < -0.3 is 5.32 Å². The van der Waals surface area contributed by atoms with Crippen molar-refractivity contribution in [1.29, 1.82) is 0 Å². The standard InChI is InChI=1S/C17H13FN6O3/c1-22-16(25)11-4-2-3-5-13(11)23-15(20-21-17(22)23)9-19-10-6-7-12(18)14(8-10)24(26)27/h2-8,19H,9H2,1H3. The number of aryl methyl sites for hydroxylation is 1. The van der Waals surface area contributed by atoms with Crippen LogP contribution in [0.15, 0.2) is 47.3 Å². The van der Waals surface area contributed by atoms with E-state index in [2.05, 4.69) is 15.5 Å². The van der Waals surface area contributed by atoms with E-state index in [0.29, 0.717) is 28.2 Å². The Kier molecular flexibility index (Phi) is 3.80. The quantitative estimate of drug-likeness (QED) is 0.437. The molecule has 0 spiro atoms. The molecule has 0 aliphatic carbocycles. The van der Waals surface area contributed by atoms with Crippen molar-refractivity contribution in [2.75, 3.05) is 5.32 Å². The molecule has 4 rings (SSSR count). The molecule has 0 aliphatic heterocycles. The number of hydrogen-bond donors (Lipinski definition) is 1. The van der Waals surface area contributed by atoms with Crippen LogP contribution in [0, 0.1) is 15.9 Å². The summed E-state index contributed by atoms with van der Waals surface area (Å²) in [7, 11) is 1.61. The van der Waals surface area contributed by atoms with Crippen molar-refractivity contribution in [2.45, 2.75) is 6.54 Å². The molecule has 0 atom stereocenters. The van der Waals surface area contributed by atoms with Crippen molar-refractivity contribution in [1.82, 2.24) is 19.2 Å². The topological polar surface area (TPSA) is 107 Å². The van der Waals surface area contributed by atoms with Crippen LogP contribution in [-0.4, -0.2) is 24.1 Å². The minimum absolute atomic E-state index is 0.173. The van der Waals surface area contributed by atoms with E-state index in [1.54, 1.807) is 29.6 Å². The van der Waals surface area contributed by atoms with E-state index in [4.69, 9.17) is 0 Å². The lowest BCUT2D eigenvalue weighted by Crippen LogP contribution is -2.20. The number of halogens is 1. The van der Waals surface area contributed by atoms with E-state index in [9.17, 15) is 19.3 Å². The van der Waals surface area contributed by atoms with E-state index in [1.807, 2.05) is 6.07 Å². The number of nitrogens with one attached hydrogen (secondary N) is 1. The minimum Gasteiger partial charge on any atom is -0.378 e. The highest BCUT2D eigenvalue weighted by Crippen LogP contribution is 2.22. The Bertz CT molecular complexity index is 1260. The van der Waals surface area contributed by atoms with Gasteiger partial charge in [0.2, 0.25) is 11.6 Å². The summed E-state index contributed by atoms with van der Waals surface area (Å²) in [5, 5.41) is 22.6. The summed E-state index contributed by atoms with van der Waals surface area (Å²) in [6.07, 6.45) is 0. The van der Waals surface area contributed by atoms with E-state index in [-0.39, 0.29) is 12.1 Å². The van der Waals surface area contributed by atoms with Gasteiger partial charge in [-0.2, -0.15) is 4.39 Å². The van der Waals surface area contributed by atoms with Crippen LogP contribution in [0.25, 0.3) is 16.7 Å². The van der Waals surface area contributed by atoms with Gasteiger partial charge in [-0.3, -0.25) is 23.9 Å². The molecule has 2 heterocycles. The van der Waals surface area contributed by atoms with Crippen molar-refractivity contribution in [2.24, 2.45) is 7.05 Å². The first-order valence-corrected chi connectivity index (χ1v) is 7.97. The highest BCUT2D eigenvalue weighted by Gasteiger charge is 2.16. The maximum absolute atomic E-state index is 13.5. The van der Waals surface area contributed by atoms with E-state index in [1.165, 1.54) is 10.6 Å². The van der Waals surface area contributed by atoms with Gasteiger partial charge in [0.25, 0.3) is 5.56 Å². The second-order valence-corrected chi connectivity index (χ2v) is 5.91. The SMILES string of the molecule is Cn1c(=O)c2ccccc2n2c(CNc3ccc(F)c([N+](=O)[O-])c3)nnc12. The van der Waals surface area contributed by atoms with Gasteiger partial charge in [0, 0.05) is 18.8 Å². The van der Waals surface area contributed by atoms with E-state index in [0.717, 1.165) is 12.1 Å². The lowest BCUT2D eigenvalue weighted by atomic mass is 10.2. The van der Waals surface area contributed by atoms with Gasteiger partial charge in [0.1, 0.15) is 0 Å². The molecule has 0 amide bonds. The summed E-state index contributed by atoms with van der Waals surface area (Å²) in [6, 6.07) is 10.6. The molecule has 0 bridgehead atoms. The fourth-order valence-electron chi connectivity index (χ4n) is 2.95. The average Bonchev–Trinajstić information content (AvgIpc) is 3.09. The maximum Gasteiger partial charge on any atom is 0.306 e. The second-order valence-electron chi connectivity index (χ2n) is 5.91. The van der Waals surface area contributed by atoms with Gasteiger partial charge in [-0.25, -0.2) is 0 Å². The summed E-state index contributed by atoms with van der Waals surface area (Å²) in [6.45, 7) is 0.173. The summed E-state index contributed by atoms with van der Waals surface area (Å²) < 4.78 is 16.6. The zero-order chi connectivity index (χ0) is 19.1. The second kappa shape index (κ2) is 6.16. The van der Waals surface area contributed by atoms with Crippen LogP contribution in [0.1, 0.15) is 5.82 Å². The number of hydrogen-bond acceptors (Lipinski definition) is 6. The molecule has 27 heavy (non-hydrogen) atoms. The monoisotopic (exact) mass is 368 g/mol. The number of benzene rings is 2. The summed E-state index contributed by atoms with van der Waals surface area (Å²) in [5.74, 6) is -0.0242. The first-order valence-electron chi connectivity index (χ1n) is 7.97. The Balaban J connectivity index is 1.77. The van der Waals surface area contributed by atoms with Crippen LogP contribution in [-0.2, 0) is 13.6 Å². The number of anilines is 1. The Morgan fingerprint density at radius 2 is 2.00 bits per heavy atom. The van der Waals surface area contributed by atoms with Crippen LogP contribution < -0.4 is 10.9 Å². The van der Waals surface area contributed by atoms with E-state index < -0.39 is 16.4 Å². The summed E-state index contributed by atoms with van der Waals surface area (Å²) in [4.78, 5) is 22.5. The van der Waals surface area contributed by atoms with Crippen molar-refractivity contribution >= 4 is 28.1 Å². The Hall–Kier alpha value is -3.82. The van der Waals surface area contributed by atoms with Crippen LogP contribution in [0.2, 0.25) is 0 Å². The Morgan fingerprint density at radius 3 is 2.78 bits per heavy atom. The molecule has 2 aromatic heterocycles. The molecule has 4 aromatic rings. The van der Waals surface area contributed by atoms with Crippen molar-refractivity contribution in [3.05, 3.63) is 74.6 Å². The summed E-state index contributed by atoms with van der Waals surface area (Å²) in [5.41, 5.74) is 0.231. The Labute approximate surface area is 150 Å². The number of rotatable bonds is 4. The number of nitro benzene ring substituents is 1. The molecule has 1 N–H and O–H groups in total. The Morgan fingerprint density at radius 1 is 1.22 bits per heavy atom. The number of aromatic nitrogens is 4. The molecule has 136 valence electrons. The van der Waals surface area contributed by atoms with Gasteiger partial charge in [-0.1, -0.05) is 12.1 Å². The third kappa shape index (κ3) is 2.67. The highest BCUT2D eigenvalue weighted by molar-refractivity contribution is 5.80. The molecular formula is C17H13FN6O3. The highest BCUT2D eigenvalue weighted by atomic mass is 19.1. The molecule has 0 fully saturated rings. The smallest absolute Gasteiger partial charge is 0.306 e. The molecule has 0 saturated heterocycles. The minimum atomic E-state index is -0.903. The molecule has 10 heteroatoms. The molecular weight excluding hydrogens is 355 g/mol. The van der Waals surface area contributed by atoms with Gasteiger partial charge >= 0.3 is 5.69 Å². The maximum atomic E-state index is 13.5. The lowest BCUT2D eigenvalue weighted by Gasteiger charge is -2.09. The predicted octanol–water partition coefficient (Wildman–Crippen LogP) is 2.24. The fourth-order valence-corrected chi connectivity index (χ4v) is 2.95. The molecule has 9 nitrogen and oxygen atoms in total. The van der Waals surface area contributed by atoms with Crippen molar-refractivity contribution in [3.8, 4) is 0 Å². The molecule has 0 radical (unpaired) electrons. The third-order valence-electron chi connectivity index (χ3n) is 4.29.